The van der Waals surface area contributed by atoms with Crippen molar-refractivity contribution in [3.63, 3.8) is 0 Å². The Morgan fingerprint density at radius 2 is 1.27 bits per heavy atom. The fourth-order valence-electron chi connectivity index (χ4n) is 4.39. The molecule has 3 nitrogen and oxygen atoms in total. The van der Waals surface area contributed by atoms with Crippen LogP contribution in [0.25, 0.3) is 10.8 Å². The van der Waals surface area contributed by atoms with Gasteiger partial charge in [0.05, 0.1) is 4.90 Å². The number of aryl methyl sites for hydroxylation is 2. The summed E-state index contributed by atoms with van der Waals surface area (Å²) in [6.07, 6.45) is 16.1. The molecule has 0 saturated carbocycles. The molecule has 168 valence electrons. The zero-order valence-corrected chi connectivity index (χ0v) is 19.8. The molecular formula is C26H40O3S. The molecule has 0 fully saturated rings. The third-order valence-corrected chi connectivity index (χ3v) is 6.99. The first-order valence-corrected chi connectivity index (χ1v) is 13.4. The van der Waals surface area contributed by atoms with Crippen LogP contribution in [0.2, 0.25) is 0 Å². The predicted octanol–water partition coefficient (Wildman–Crippen LogP) is 7.89. The summed E-state index contributed by atoms with van der Waals surface area (Å²) < 4.78 is 34.1. The maximum atomic E-state index is 12.1. The van der Waals surface area contributed by atoms with Crippen LogP contribution in [0.3, 0.4) is 0 Å². The highest BCUT2D eigenvalue weighted by molar-refractivity contribution is 7.85. The van der Waals surface area contributed by atoms with Crippen molar-refractivity contribution in [3.05, 3.63) is 41.5 Å². The topological polar surface area (TPSA) is 54.4 Å². The van der Waals surface area contributed by atoms with E-state index in [1.807, 2.05) is 6.07 Å². The van der Waals surface area contributed by atoms with Gasteiger partial charge in [-0.15, -0.1) is 0 Å². The van der Waals surface area contributed by atoms with Gasteiger partial charge < -0.3 is 0 Å². The Bertz CT molecular complexity index is 871. The van der Waals surface area contributed by atoms with Gasteiger partial charge in [-0.25, -0.2) is 0 Å². The van der Waals surface area contributed by atoms with Crippen LogP contribution in [-0.2, 0) is 23.0 Å². The smallest absolute Gasteiger partial charge is 0.282 e. The molecule has 30 heavy (non-hydrogen) atoms. The van der Waals surface area contributed by atoms with E-state index in [4.69, 9.17) is 0 Å². The first-order valence-electron chi connectivity index (χ1n) is 12.0. The molecule has 0 unspecified atom stereocenters. The SMILES string of the molecule is CCCCCCCCc1cccc2ccc(S(=O)(=O)O)c(CCCCCCCC)c12. The molecule has 0 bridgehead atoms. The van der Waals surface area contributed by atoms with Crippen molar-refractivity contribution in [1.82, 2.24) is 0 Å². The molecule has 0 heterocycles. The first-order chi connectivity index (χ1) is 14.5. The second-order valence-corrected chi connectivity index (χ2v) is 9.96. The second kappa shape index (κ2) is 13.1. The van der Waals surface area contributed by atoms with Crippen LogP contribution >= 0.6 is 0 Å². The summed E-state index contributed by atoms with van der Waals surface area (Å²) in [6, 6.07) is 9.68. The standard InChI is InChI=1S/C26H40O3S/c1-3-5-7-9-11-13-16-22-17-15-18-23-20-21-25(30(27,28)29)24(26(22)23)19-14-12-10-8-6-4-2/h15,17-18,20-21H,3-14,16,19H2,1-2H3,(H,27,28,29). The molecule has 2 rings (SSSR count). The quantitative estimate of drug-likeness (QED) is 0.230. The summed E-state index contributed by atoms with van der Waals surface area (Å²) in [6.45, 7) is 4.44. The number of rotatable bonds is 15. The van der Waals surface area contributed by atoms with Gasteiger partial charge in [0.15, 0.2) is 0 Å². The third kappa shape index (κ3) is 7.70. The molecule has 2 aromatic rings. The van der Waals surface area contributed by atoms with Gasteiger partial charge in [-0.2, -0.15) is 8.42 Å². The zero-order valence-electron chi connectivity index (χ0n) is 19.0. The minimum Gasteiger partial charge on any atom is -0.282 e. The fourth-order valence-corrected chi connectivity index (χ4v) is 5.15. The van der Waals surface area contributed by atoms with Crippen LogP contribution in [0.5, 0.6) is 0 Å². The maximum Gasteiger partial charge on any atom is 0.294 e. The molecule has 0 radical (unpaired) electrons. The van der Waals surface area contributed by atoms with E-state index in [2.05, 4.69) is 32.0 Å². The van der Waals surface area contributed by atoms with Crippen molar-refractivity contribution < 1.29 is 13.0 Å². The van der Waals surface area contributed by atoms with Gasteiger partial charge in [0, 0.05) is 0 Å². The highest BCUT2D eigenvalue weighted by atomic mass is 32.2. The van der Waals surface area contributed by atoms with Gasteiger partial charge in [-0.05, 0) is 53.6 Å². The van der Waals surface area contributed by atoms with E-state index in [0.29, 0.717) is 6.42 Å². The number of hydrogen-bond donors (Lipinski definition) is 1. The Morgan fingerprint density at radius 1 is 0.700 bits per heavy atom. The van der Waals surface area contributed by atoms with Gasteiger partial charge in [-0.3, -0.25) is 4.55 Å². The Labute approximate surface area is 184 Å². The number of hydrogen-bond acceptors (Lipinski definition) is 2. The molecule has 0 aliphatic heterocycles. The number of fused-ring (bicyclic) bond motifs is 1. The summed E-state index contributed by atoms with van der Waals surface area (Å²) >= 11 is 0. The van der Waals surface area contributed by atoms with Gasteiger partial charge in [-0.1, -0.05) is 102 Å². The average Bonchev–Trinajstić information content (AvgIpc) is 2.72. The van der Waals surface area contributed by atoms with Crippen molar-refractivity contribution in [2.45, 2.75) is 109 Å². The lowest BCUT2D eigenvalue weighted by molar-refractivity contribution is 0.482. The highest BCUT2D eigenvalue weighted by Gasteiger charge is 2.19. The van der Waals surface area contributed by atoms with Crippen LogP contribution < -0.4 is 0 Å². The highest BCUT2D eigenvalue weighted by Crippen LogP contribution is 2.31. The number of unbranched alkanes of at least 4 members (excludes halogenated alkanes) is 10. The Balaban J connectivity index is 2.22. The van der Waals surface area contributed by atoms with Crippen molar-refractivity contribution >= 4 is 20.9 Å². The van der Waals surface area contributed by atoms with E-state index in [9.17, 15) is 13.0 Å². The summed E-state index contributed by atoms with van der Waals surface area (Å²) in [7, 11) is -4.23. The van der Waals surface area contributed by atoms with Crippen LogP contribution in [-0.4, -0.2) is 13.0 Å². The fraction of sp³-hybridized carbons (Fsp3) is 0.615. The van der Waals surface area contributed by atoms with Crippen LogP contribution in [0.1, 0.15) is 102 Å². The van der Waals surface area contributed by atoms with E-state index in [1.54, 1.807) is 6.07 Å². The molecule has 0 aliphatic rings. The second-order valence-electron chi connectivity index (χ2n) is 8.57. The minimum atomic E-state index is -4.23. The van der Waals surface area contributed by atoms with Gasteiger partial charge in [0.2, 0.25) is 0 Å². The molecule has 2 aromatic carbocycles. The van der Waals surface area contributed by atoms with E-state index in [-0.39, 0.29) is 4.90 Å². The van der Waals surface area contributed by atoms with Gasteiger partial charge >= 0.3 is 0 Å². The minimum absolute atomic E-state index is 0.0963. The molecule has 0 atom stereocenters. The largest absolute Gasteiger partial charge is 0.294 e. The van der Waals surface area contributed by atoms with E-state index >= 15 is 0 Å². The van der Waals surface area contributed by atoms with Crippen molar-refractivity contribution in [3.8, 4) is 0 Å². The average molecular weight is 433 g/mol. The Morgan fingerprint density at radius 3 is 1.87 bits per heavy atom. The van der Waals surface area contributed by atoms with Gasteiger partial charge in [0.1, 0.15) is 0 Å². The molecule has 4 heteroatoms. The summed E-state index contributed by atoms with van der Waals surface area (Å²) in [5, 5.41) is 2.13. The van der Waals surface area contributed by atoms with Crippen LogP contribution in [0, 0.1) is 0 Å². The van der Waals surface area contributed by atoms with E-state index in [1.165, 1.54) is 63.4 Å². The third-order valence-electron chi connectivity index (χ3n) is 6.05. The monoisotopic (exact) mass is 432 g/mol. The van der Waals surface area contributed by atoms with Crippen molar-refractivity contribution in [1.29, 1.82) is 0 Å². The van der Waals surface area contributed by atoms with E-state index < -0.39 is 10.1 Å². The van der Waals surface area contributed by atoms with Crippen LogP contribution in [0.4, 0.5) is 0 Å². The molecule has 0 saturated heterocycles. The van der Waals surface area contributed by atoms with Gasteiger partial charge in [0.25, 0.3) is 10.1 Å². The lowest BCUT2D eigenvalue weighted by atomic mass is 9.93. The van der Waals surface area contributed by atoms with Crippen molar-refractivity contribution in [2.75, 3.05) is 0 Å². The predicted molar refractivity (Wildman–Crippen MR) is 128 cm³/mol. The summed E-state index contributed by atoms with van der Waals surface area (Å²) in [5.74, 6) is 0. The molecule has 0 aromatic heterocycles. The lowest BCUT2D eigenvalue weighted by Crippen LogP contribution is -2.05. The maximum absolute atomic E-state index is 12.1. The molecular weight excluding hydrogens is 392 g/mol. The molecule has 0 amide bonds. The number of benzene rings is 2. The molecule has 1 N–H and O–H groups in total. The first kappa shape index (κ1) is 24.9. The molecule has 0 aliphatic carbocycles. The lowest BCUT2D eigenvalue weighted by Gasteiger charge is -2.15. The summed E-state index contributed by atoms with van der Waals surface area (Å²) in [4.78, 5) is 0.0963. The normalized spacial score (nSPS) is 12.0. The summed E-state index contributed by atoms with van der Waals surface area (Å²) in [5.41, 5.74) is 2.03. The zero-order chi connectivity index (χ0) is 21.8. The molecule has 0 spiro atoms. The van der Waals surface area contributed by atoms with Crippen LogP contribution in [0.15, 0.2) is 35.2 Å². The van der Waals surface area contributed by atoms with E-state index in [0.717, 1.165) is 42.0 Å². The Kier molecular flexibility index (Phi) is 10.9. The Hall–Kier alpha value is -1.39. The van der Waals surface area contributed by atoms with Crippen molar-refractivity contribution in [2.24, 2.45) is 0 Å².